The summed E-state index contributed by atoms with van der Waals surface area (Å²) in [4.78, 5) is 14.6. The number of aliphatic carboxylic acids is 1. The highest BCUT2D eigenvalue weighted by Gasteiger charge is 2.17. The second-order valence-corrected chi connectivity index (χ2v) is 5.71. The van der Waals surface area contributed by atoms with Gasteiger partial charge in [0.2, 0.25) is 0 Å². The lowest BCUT2D eigenvalue weighted by atomic mass is 10.1. The Balaban J connectivity index is 1.87. The summed E-state index contributed by atoms with van der Waals surface area (Å²) in [6.07, 6.45) is 4.85. The van der Waals surface area contributed by atoms with E-state index < -0.39 is 5.97 Å². The zero-order valence-electron chi connectivity index (χ0n) is 13.2. The van der Waals surface area contributed by atoms with Crippen molar-refractivity contribution in [3.63, 3.8) is 0 Å². The van der Waals surface area contributed by atoms with Crippen LogP contribution >= 0.6 is 0 Å². The first-order valence-corrected chi connectivity index (χ1v) is 7.88. The molecule has 6 nitrogen and oxygen atoms in total. The number of nitrogens with two attached hydrogens (primary N) is 2. The summed E-state index contributed by atoms with van der Waals surface area (Å²) >= 11 is 0. The van der Waals surface area contributed by atoms with Gasteiger partial charge in [0.25, 0.3) is 0 Å². The summed E-state index contributed by atoms with van der Waals surface area (Å²) < 4.78 is 0. The van der Waals surface area contributed by atoms with Gasteiger partial charge in [0.1, 0.15) is 0 Å². The van der Waals surface area contributed by atoms with Crippen molar-refractivity contribution in [1.29, 1.82) is 0 Å². The molecule has 0 aliphatic heterocycles. The number of carboxylic acid groups (broad SMARTS) is 1. The lowest BCUT2D eigenvalue weighted by molar-refractivity contribution is -0.136. The number of hydrogen-bond donors (Lipinski definition) is 4. The molecule has 1 aliphatic carbocycles. The molecule has 23 heavy (non-hydrogen) atoms. The second kappa shape index (κ2) is 8.22. The van der Waals surface area contributed by atoms with Crippen LogP contribution in [0, 0.1) is 0 Å². The molecule has 6 heteroatoms. The summed E-state index contributed by atoms with van der Waals surface area (Å²) in [5.74, 6) is -0.635. The topological polar surface area (TPSA) is 114 Å². The van der Waals surface area contributed by atoms with Gasteiger partial charge in [-0.25, -0.2) is 0 Å². The number of aliphatic imine (C=N–C) groups is 1. The van der Waals surface area contributed by atoms with E-state index in [0.717, 1.165) is 36.9 Å². The monoisotopic (exact) mass is 316 g/mol. The van der Waals surface area contributed by atoms with Gasteiger partial charge in [-0.15, -0.1) is 0 Å². The lowest BCUT2D eigenvalue weighted by Crippen LogP contribution is -2.23. The number of carbonyl (C=O) groups is 1. The molecule has 1 fully saturated rings. The molecule has 1 aliphatic rings. The molecule has 0 amide bonds. The number of carboxylic acids is 1. The summed E-state index contributed by atoms with van der Waals surface area (Å²) in [5.41, 5.74) is 15.4. The van der Waals surface area contributed by atoms with Gasteiger partial charge in [-0.05, 0) is 49.8 Å². The Morgan fingerprint density at radius 2 is 1.87 bits per heavy atom. The molecule has 1 aromatic carbocycles. The number of benzene rings is 1. The van der Waals surface area contributed by atoms with E-state index >= 15 is 0 Å². The Morgan fingerprint density at radius 1 is 1.17 bits per heavy atom. The van der Waals surface area contributed by atoms with Gasteiger partial charge in [-0.1, -0.05) is 17.7 Å². The molecule has 0 heterocycles. The molecule has 0 spiro atoms. The normalized spacial score (nSPS) is 12.6. The lowest BCUT2D eigenvalue weighted by Gasteiger charge is -2.11. The molecule has 124 valence electrons. The predicted molar refractivity (Wildman–Crippen MR) is 92.2 cm³/mol. The molecule has 2 rings (SSSR count). The van der Waals surface area contributed by atoms with E-state index in [1.165, 1.54) is 11.3 Å². The van der Waals surface area contributed by atoms with Crippen LogP contribution in [0.5, 0.6) is 0 Å². The van der Waals surface area contributed by atoms with E-state index in [9.17, 15) is 4.79 Å². The maximum atomic E-state index is 10.6. The number of anilines is 1. The average Bonchev–Trinajstić information content (AvgIpc) is 3.34. The first-order chi connectivity index (χ1) is 11.0. The van der Waals surface area contributed by atoms with E-state index in [2.05, 4.69) is 10.3 Å². The highest BCUT2D eigenvalue weighted by Crippen LogP contribution is 2.34. The summed E-state index contributed by atoms with van der Waals surface area (Å²) in [6.45, 7) is 0.634. The van der Waals surface area contributed by atoms with Gasteiger partial charge in [0, 0.05) is 24.4 Å². The van der Waals surface area contributed by atoms with Crippen molar-refractivity contribution >= 4 is 17.6 Å². The summed E-state index contributed by atoms with van der Waals surface area (Å²) in [5, 5.41) is 12.2. The molecule has 0 radical (unpaired) electrons. The minimum Gasteiger partial charge on any atom is -0.481 e. The smallest absolute Gasteiger partial charge is 0.303 e. The first kappa shape index (κ1) is 16.9. The predicted octanol–water partition coefficient (Wildman–Crippen LogP) is 2.22. The Labute approximate surface area is 136 Å². The van der Waals surface area contributed by atoms with Crippen molar-refractivity contribution in [1.82, 2.24) is 0 Å². The molecular weight excluding hydrogens is 292 g/mol. The third-order valence-electron chi connectivity index (χ3n) is 3.68. The van der Waals surface area contributed by atoms with Crippen LogP contribution in [0.4, 0.5) is 5.69 Å². The Morgan fingerprint density at radius 3 is 2.43 bits per heavy atom. The molecule has 0 unspecified atom stereocenters. The average molecular weight is 316 g/mol. The maximum absolute atomic E-state index is 10.6. The van der Waals surface area contributed by atoms with Crippen LogP contribution in [0.1, 0.15) is 37.7 Å². The van der Waals surface area contributed by atoms with E-state index in [0.29, 0.717) is 13.0 Å². The Bertz CT molecular complexity index is 596. The number of nitrogens with one attached hydrogen (secondary N) is 1. The van der Waals surface area contributed by atoms with E-state index in [1.54, 1.807) is 0 Å². The standard InChI is InChI=1S/C17H24N4O2/c18-17(19)20-11-1-2-15(13-6-7-13)21-14-8-3-12(4-9-14)5-10-16(22)23/h3-4,8-9,21H,1-2,5-7,10-11H2,(H,22,23)(H4,18,19,20). The van der Waals surface area contributed by atoms with Crippen LogP contribution in [0.15, 0.2) is 40.5 Å². The molecular formula is C17H24N4O2. The van der Waals surface area contributed by atoms with Gasteiger partial charge < -0.3 is 21.9 Å². The zero-order chi connectivity index (χ0) is 16.7. The second-order valence-electron chi connectivity index (χ2n) is 5.71. The molecule has 0 saturated heterocycles. The highest BCUT2D eigenvalue weighted by atomic mass is 16.4. The fourth-order valence-electron chi connectivity index (χ4n) is 2.34. The first-order valence-electron chi connectivity index (χ1n) is 7.88. The van der Waals surface area contributed by atoms with Crippen molar-refractivity contribution in [3.8, 4) is 0 Å². The third kappa shape index (κ3) is 6.42. The van der Waals surface area contributed by atoms with Gasteiger partial charge in [-0.3, -0.25) is 9.79 Å². The van der Waals surface area contributed by atoms with Crippen molar-refractivity contribution in [3.05, 3.63) is 41.1 Å². The molecule has 0 aromatic heterocycles. The molecule has 0 bridgehead atoms. The van der Waals surface area contributed by atoms with E-state index in [-0.39, 0.29) is 12.4 Å². The molecule has 1 aromatic rings. The Hall–Kier alpha value is -2.50. The summed E-state index contributed by atoms with van der Waals surface area (Å²) in [6, 6.07) is 7.94. The van der Waals surface area contributed by atoms with Gasteiger partial charge in [-0.2, -0.15) is 0 Å². The Kier molecular flexibility index (Phi) is 6.02. The summed E-state index contributed by atoms with van der Waals surface area (Å²) in [7, 11) is 0. The maximum Gasteiger partial charge on any atom is 0.303 e. The SMILES string of the molecule is NC(N)=NCCCC(Nc1ccc(CCC(=O)O)cc1)=C1CC1. The molecule has 1 saturated carbocycles. The van der Waals surface area contributed by atoms with Crippen LogP contribution in [0.3, 0.4) is 0 Å². The van der Waals surface area contributed by atoms with E-state index in [1.807, 2.05) is 24.3 Å². The van der Waals surface area contributed by atoms with Crippen LogP contribution in [0.25, 0.3) is 0 Å². The van der Waals surface area contributed by atoms with Crippen LogP contribution in [0.2, 0.25) is 0 Å². The molecule has 0 atom stereocenters. The van der Waals surface area contributed by atoms with Crippen LogP contribution in [-0.2, 0) is 11.2 Å². The van der Waals surface area contributed by atoms with Crippen LogP contribution < -0.4 is 16.8 Å². The molecule has 6 N–H and O–H groups in total. The number of allylic oxidation sites excluding steroid dienone is 2. The number of aryl methyl sites for hydroxylation is 1. The quantitative estimate of drug-likeness (QED) is 0.317. The largest absolute Gasteiger partial charge is 0.481 e. The van der Waals surface area contributed by atoms with Gasteiger partial charge >= 0.3 is 5.97 Å². The van der Waals surface area contributed by atoms with Crippen molar-refractivity contribution in [2.75, 3.05) is 11.9 Å². The van der Waals surface area contributed by atoms with Crippen molar-refractivity contribution in [2.24, 2.45) is 16.5 Å². The fourth-order valence-corrected chi connectivity index (χ4v) is 2.34. The zero-order valence-corrected chi connectivity index (χ0v) is 13.2. The highest BCUT2D eigenvalue weighted by molar-refractivity contribution is 5.75. The minimum atomic E-state index is -0.770. The number of nitrogens with zero attached hydrogens (tertiary/aromatic N) is 1. The van der Waals surface area contributed by atoms with Gasteiger partial charge in [0.15, 0.2) is 5.96 Å². The fraction of sp³-hybridized carbons (Fsp3) is 0.412. The number of guanidine groups is 1. The third-order valence-corrected chi connectivity index (χ3v) is 3.68. The van der Waals surface area contributed by atoms with Crippen molar-refractivity contribution < 1.29 is 9.90 Å². The van der Waals surface area contributed by atoms with Crippen molar-refractivity contribution in [2.45, 2.75) is 38.5 Å². The number of hydrogen-bond acceptors (Lipinski definition) is 3. The van der Waals surface area contributed by atoms with Crippen LogP contribution in [-0.4, -0.2) is 23.6 Å². The number of rotatable bonds is 9. The van der Waals surface area contributed by atoms with Gasteiger partial charge in [0.05, 0.1) is 0 Å². The van der Waals surface area contributed by atoms with E-state index in [4.69, 9.17) is 16.6 Å². The minimum absolute atomic E-state index is 0.135.